The standard InChI is InChI=1S/C14H12N4O3S.2ClH/c19-13-5-4-11-12(6-7-15-14(11)17-13)16-9-2-1-3-10(8-9)18-22(20)21;;/h1-8,22H,(H,18,20,21)(H2,15,16,17,19);2*1H. The number of H-pyrrole nitrogens is 1. The molecule has 0 bridgehead atoms. The summed E-state index contributed by atoms with van der Waals surface area (Å²) in [6.45, 7) is 0. The first-order chi connectivity index (χ1) is 10.6. The zero-order chi connectivity index (χ0) is 15.5. The van der Waals surface area contributed by atoms with E-state index >= 15 is 0 Å². The molecule has 0 unspecified atom stereocenters. The van der Waals surface area contributed by atoms with Crippen LogP contribution in [0.15, 0.2) is 53.5 Å². The Balaban J connectivity index is 0.00000144. The van der Waals surface area contributed by atoms with E-state index in [9.17, 15) is 13.2 Å². The van der Waals surface area contributed by atoms with Crippen LogP contribution in [-0.2, 0) is 10.9 Å². The van der Waals surface area contributed by atoms with Gasteiger partial charge in [-0.05, 0) is 30.3 Å². The highest BCUT2D eigenvalue weighted by atomic mass is 35.5. The van der Waals surface area contributed by atoms with E-state index in [1.165, 1.54) is 6.07 Å². The van der Waals surface area contributed by atoms with Crippen LogP contribution in [0.4, 0.5) is 17.1 Å². The third-order valence-corrected chi connectivity index (χ3v) is 3.44. The molecule has 1 aromatic carbocycles. The second-order valence-electron chi connectivity index (χ2n) is 4.52. The molecule has 0 aliphatic heterocycles. The van der Waals surface area contributed by atoms with E-state index in [4.69, 9.17) is 0 Å². The summed E-state index contributed by atoms with van der Waals surface area (Å²) in [5.41, 5.74) is 2.19. The maximum absolute atomic E-state index is 11.3. The first-order valence-electron chi connectivity index (χ1n) is 6.38. The molecule has 0 amide bonds. The number of thiol groups is 1. The zero-order valence-corrected chi connectivity index (χ0v) is 14.6. The van der Waals surface area contributed by atoms with Gasteiger partial charge in [0.15, 0.2) is 0 Å². The van der Waals surface area contributed by atoms with E-state index in [2.05, 4.69) is 20.0 Å². The number of aromatic amines is 1. The van der Waals surface area contributed by atoms with Crippen molar-refractivity contribution in [2.75, 3.05) is 10.0 Å². The van der Waals surface area contributed by atoms with Crippen LogP contribution in [-0.4, -0.2) is 18.4 Å². The molecule has 0 aliphatic rings. The number of fused-ring (bicyclic) bond motifs is 1. The van der Waals surface area contributed by atoms with Crippen molar-refractivity contribution >= 4 is 63.8 Å². The zero-order valence-electron chi connectivity index (χ0n) is 12.1. The first-order valence-corrected chi connectivity index (χ1v) is 7.56. The smallest absolute Gasteiger partial charge is 0.249 e. The molecular weight excluding hydrogens is 375 g/mol. The lowest BCUT2D eigenvalue weighted by molar-refractivity contribution is 0.619. The number of pyridine rings is 2. The molecule has 0 saturated heterocycles. The molecule has 0 atom stereocenters. The quantitative estimate of drug-likeness (QED) is 0.513. The van der Waals surface area contributed by atoms with Crippen LogP contribution in [0.1, 0.15) is 0 Å². The SMILES string of the molecule is Cl.Cl.O=c1ccc2c(Nc3cccc(N[SH](=O)=O)c3)ccnc2[nH]1. The van der Waals surface area contributed by atoms with Crippen LogP contribution in [0, 0.1) is 0 Å². The van der Waals surface area contributed by atoms with Crippen LogP contribution in [0.25, 0.3) is 11.0 Å². The van der Waals surface area contributed by atoms with Crippen molar-refractivity contribution in [3.8, 4) is 0 Å². The van der Waals surface area contributed by atoms with E-state index in [1.807, 2.05) is 0 Å². The third-order valence-electron chi connectivity index (χ3n) is 3.00. The molecule has 0 radical (unpaired) electrons. The van der Waals surface area contributed by atoms with Crippen molar-refractivity contribution in [2.45, 2.75) is 0 Å². The van der Waals surface area contributed by atoms with Gasteiger partial charge in [0, 0.05) is 23.3 Å². The first kappa shape index (κ1) is 19.8. The fraction of sp³-hybridized carbons (Fsp3) is 0. The van der Waals surface area contributed by atoms with Gasteiger partial charge in [0.25, 0.3) is 0 Å². The van der Waals surface area contributed by atoms with E-state index in [1.54, 1.807) is 42.6 Å². The normalized spacial score (nSPS) is 9.88. The van der Waals surface area contributed by atoms with Crippen LogP contribution in [0.2, 0.25) is 0 Å². The summed E-state index contributed by atoms with van der Waals surface area (Å²) in [5.74, 6) is 0. The van der Waals surface area contributed by atoms with Crippen molar-refractivity contribution in [3.63, 3.8) is 0 Å². The lowest BCUT2D eigenvalue weighted by Crippen LogP contribution is -2.04. The highest BCUT2D eigenvalue weighted by Gasteiger charge is 2.04. The molecule has 7 nitrogen and oxygen atoms in total. The number of hydrogen-bond acceptors (Lipinski definition) is 5. The second-order valence-corrected chi connectivity index (χ2v) is 5.26. The fourth-order valence-corrected chi connectivity index (χ4v) is 2.45. The minimum Gasteiger partial charge on any atom is -0.355 e. The highest BCUT2D eigenvalue weighted by Crippen LogP contribution is 2.24. The highest BCUT2D eigenvalue weighted by molar-refractivity contribution is 7.73. The number of nitrogens with one attached hydrogen (secondary N) is 3. The maximum Gasteiger partial charge on any atom is 0.249 e. The fourth-order valence-electron chi connectivity index (χ4n) is 2.10. The number of rotatable bonds is 4. The van der Waals surface area contributed by atoms with E-state index < -0.39 is 10.9 Å². The van der Waals surface area contributed by atoms with Gasteiger partial charge in [-0.3, -0.25) is 9.52 Å². The number of benzene rings is 1. The Morgan fingerprint density at radius 2 is 1.75 bits per heavy atom. The number of hydrogen-bond donors (Lipinski definition) is 4. The van der Waals surface area contributed by atoms with Crippen LogP contribution in [0.3, 0.4) is 0 Å². The van der Waals surface area contributed by atoms with E-state index in [0.29, 0.717) is 17.0 Å². The van der Waals surface area contributed by atoms with Crippen molar-refractivity contribution in [1.82, 2.24) is 9.97 Å². The molecule has 10 heteroatoms. The molecule has 0 aliphatic carbocycles. The Morgan fingerprint density at radius 1 is 1.00 bits per heavy atom. The topological polar surface area (TPSA) is 104 Å². The Morgan fingerprint density at radius 3 is 2.50 bits per heavy atom. The van der Waals surface area contributed by atoms with Gasteiger partial charge >= 0.3 is 0 Å². The average molecular weight is 389 g/mol. The molecule has 3 rings (SSSR count). The molecule has 0 spiro atoms. The van der Waals surface area contributed by atoms with Gasteiger partial charge in [0.2, 0.25) is 16.4 Å². The lowest BCUT2D eigenvalue weighted by atomic mass is 10.2. The van der Waals surface area contributed by atoms with E-state index in [0.717, 1.165) is 11.1 Å². The Kier molecular flexibility index (Phi) is 7.02. The van der Waals surface area contributed by atoms with Crippen molar-refractivity contribution in [3.05, 3.63) is 59.0 Å². The molecule has 2 aromatic heterocycles. The summed E-state index contributed by atoms with van der Waals surface area (Å²) >= 11 is 0. The summed E-state index contributed by atoms with van der Waals surface area (Å²) in [5, 5.41) is 3.94. The van der Waals surface area contributed by atoms with Gasteiger partial charge in [-0.25, -0.2) is 13.4 Å². The molecule has 0 saturated carbocycles. The number of anilines is 3. The number of halogens is 2. The summed E-state index contributed by atoms with van der Waals surface area (Å²) in [4.78, 5) is 18.1. The van der Waals surface area contributed by atoms with Crippen LogP contribution >= 0.6 is 24.8 Å². The Labute approximate surface area is 151 Å². The Bertz CT molecular complexity index is 967. The molecular formula is C14H14Cl2N4O3S. The van der Waals surface area contributed by atoms with Crippen molar-refractivity contribution < 1.29 is 8.42 Å². The van der Waals surface area contributed by atoms with Crippen molar-refractivity contribution in [1.29, 1.82) is 0 Å². The molecule has 3 N–H and O–H groups in total. The Hall–Kier alpha value is -2.29. The predicted octanol–water partition coefficient (Wildman–Crippen LogP) is 2.45. The summed E-state index contributed by atoms with van der Waals surface area (Å²) in [6, 6.07) is 11.7. The van der Waals surface area contributed by atoms with Gasteiger partial charge in [0.1, 0.15) is 5.65 Å². The largest absolute Gasteiger partial charge is 0.355 e. The van der Waals surface area contributed by atoms with E-state index in [-0.39, 0.29) is 30.4 Å². The minimum absolute atomic E-state index is 0. The molecule has 0 fully saturated rings. The molecule has 24 heavy (non-hydrogen) atoms. The molecule has 2 heterocycles. The number of aromatic nitrogens is 2. The van der Waals surface area contributed by atoms with Gasteiger partial charge < -0.3 is 10.3 Å². The predicted molar refractivity (Wildman–Crippen MR) is 101 cm³/mol. The van der Waals surface area contributed by atoms with Gasteiger partial charge in [-0.2, -0.15) is 0 Å². The van der Waals surface area contributed by atoms with Crippen LogP contribution in [0.5, 0.6) is 0 Å². The van der Waals surface area contributed by atoms with Gasteiger partial charge in [-0.15, -0.1) is 24.8 Å². The second kappa shape index (κ2) is 8.53. The monoisotopic (exact) mass is 388 g/mol. The summed E-state index contributed by atoms with van der Waals surface area (Å²) < 4.78 is 23.7. The van der Waals surface area contributed by atoms with Crippen LogP contribution < -0.4 is 15.6 Å². The molecule has 128 valence electrons. The number of nitrogens with zero attached hydrogens (tertiary/aromatic N) is 1. The third kappa shape index (κ3) is 4.60. The summed E-state index contributed by atoms with van der Waals surface area (Å²) in [6.07, 6.45) is 1.58. The van der Waals surface area contributed by atoms with Gasteiger partial charge in [-0.1, -0.05) is 6.07 Å². The van der Waals surface area contributed by atoms with Crippen molar-refractivity contribution in [2.24, 2.45) is 0 Å². The van der Waals surface area contributed by atoms with Gasteiger partial charge in [0.05, 0.1) is 11.4 Å². The lowest BCUT2D eigenvalue weighted by Gasteiger charge is -2.10. The minimum atomic E-state index is -2.71. The maximum atomic E-state index is 11.3. The molecule has 3 aromatic rings. The summed E-state index contributed by atoms with van der Waals surface area (Å²) in [7, 11) is -2.71. The average Bonchev–Trinajstić information content (AvgIpc) is 2.47.